The van der Waals surface area contributed by atoms with Gasteiger partial charge in [0.2, 0.25) is 0 Å². The van der Waals surface area contributed by atoms with Gasteiger partial charge in [-0.05, 0) is 19.1 Å². The molecule has 0 radical (unpaired) electrons. The lowest BCUT2D eigenvalue weighted by Crippen LogP contribution is -2.25. The monoisotopic (exact) mass is 388 g/mol. The average molecular weight is 388 g/mol. The molecule has 0 aliphatic rings. The number of rotatable bonds is 5. The molecule has 0 atom stereocenters. The first-order valence-corrected chi connectivity index (χ1v) is 9.04. The van der Waals surface area contributed by atoms with Crippen LogP contribution in [0.3, 0.4) is 0 Å². The molecule has 0 spiro atoms. The van der Waals surface area contributed by atoms with Gasteiger partial charge in [0.15, 0.2) is 5.82 Å². The zero-order valence-corrected chi connectivity index (χ0v) is 16.4. The van der Waals surface area contributed by atoms with Crippen molar-refractivity contribution >= 4 is 5.91 Å². The molecular weight excluding hydrogens is 368 g/mol. The van der Waals surface area contributed by atoms with Crippen molar-refractivity contribution in [1.82, 2.24) is 39.6 Å². The normalized spacial score (nSPS) is 10.9. The maximum atomic E-state index is 12.6. The van der Waals surface area contributed by atoms with E-state index >= 15 is 0 Å². The first-order valence-electron chi connectivity index (χ1n) is 9.04. The van der Waals surface area contributed by atoms with Gasteiger partial charge in [-0.1, -0.05) is 0 Å². The third-order valence-electron chi connectivity index (χ3n) is 4.54. The van der Waals surface area contributed by atoms with Crippen LogP contribution in [-0.2, 0) is 20.6 Å². The van der Waals surface area contributed by atoms with E-state index in [2.05, 4.69) is 30.4 Å². The van der Waals surface area contributed by atoms with Crippen LogP contribution >= 0.6 is 0 Å². The molecule has 29 heavy (non-hydrogen) atoms. The summed E-state index contributed by atoms with van der Waals surface area (Å²) in [5.74, 6) is 0.412. The molecule has 0 saturated carbocycles. The lowest BCUT2D eigenvalue weighted by Gasteiger charge is -2.05. The Hall–Kier alpha value is -3.88. The summed E-state index contributed by atoms with van der Waals surface area (Å²) >= 11 is 0. The molecule has 0 unspecified atom stereocenters. The maximum absolute atomic E-state index is 12.6. The highest BCUT2D eigenvalue weighted by atomic mass is 16.1. The number of nitrogens with zero attached hydrogens (tertiary/aromatic N) is 7. The number of aromatic nitrogens is 7. The Bertz CT molecular complexity index is 1140. The standard InChI is InChI=1S/C20H20N8O/c1-13-7-22-16(10-21-13)11-25-20(29)18-6-14(12-27(18)2)15-8-23-19(24-9-15)17-4-5-26-28(17)3/h4-10,12H,11H2,1-3H3,(H,25,29). The zero-order valence-electron chi connectivity index (χ0n) is 16.4. The summed E-state index contributed by atoms with van der Waals surface area (Å²) in [6, 6.07) is 3.68. The molecular formula is C20H20N8O. The summed E-state index contributed by atoms with van der Waals surface area (Å²) in [6.07, 6.45) is 10.4. The zero-order chi connectivity index (χ0) is 20.4. The second-order valence-electron chi connectivity index (χ2n) is 6.69. The second-order valence-corrected chi connectivity index (χ2v) is 6.69. The van der Waals surface area contributed by atoms with E-state index in [1.54, 1.807) is 40.2 Å². The lowest BCUT2D eigenvalue weighted by molar-refractivity contribution is 0.0942. The van der Waals surface area contributed by atoms with Crippen molar-refractivity contribution in [2.75, 3.05) is 0 Å². The van der Waals surface area contributed by atoms with Crippen LogP contribution < -0.4 is 5.32 Å². The minimum Gasteiger partial charge on any atom is -0.346 e. The van der Waals surface area contributed by atoms with Crippen LogP contribution in [0.15, 0.2) is 49.3 Å². The topological polar surface area (TPSA) is 103 Å². The minimum absolute atomic E-state index is 0.187. The van der Waals surface area contributed by atoms with E-state index in [0.717, 1.165) is 22.5 Å². The van der Waals surface area contributed by atoms with Crippen LogP contribution in [-0.4, -0.2) is 40.2 Å². The maximum Gasteiger partial charge on any atom is 0.268 e. The van der Waals surface area contributed by atoms with E-state index in [0.29, 0.717) is 23.8 Å². The van der Waals surface area contributed by atoms with E-state index in [1.165, 1.54) is 0 Å². The van der Waals surface area contributed by atoms with Gasteiger partial charge in [-0.25, -0.2) is 9.97 Å². The van der Waals surface area contributed by atoms with Crippen LogP contribution in [0.25, 0.3) is 22.6 Å². The van der Waals surface area contributed by atoms with Crippen molar-refractivity contribution in [3.8, 4) is 22.6 Å². The Morgan fingerprint density at radius 2 is 1.83 bits per heavy atom. The summed E-state index contributed by atoms with van der Waals surface area (Å²) in [5.41, 5.74) is 4.61. The molecule has 0 aromatic carbocycles. The number of hydrogen-bond acceptors (Lipinski definition) is 6. The number of nitrogens with one attached hydrogen (secondary N) is 1. The van der Waals surface area contributed by atoms with Crippen molar-refractivity contribution in [3.63, 3.8) is 0 Å². The summed E-state index contributed by atoms with van der Waals surface area (Å²) < 4.78 is 3.50. The van der Waals surface area contributed by atoms with E-state index < -0.39 is 0 Å². The number of amides is 1. The van der Waals surface area contributed by atoms with Gasteiger partial charge < -0.3 is 9.88 Å². The molecule has 4 rings (SSSR count). The van der Waals surface area contributed by atoms with Gasteiger partial charge in [0.1, 0.15) is 11.4 Å². The lowest BCUT2D eigenvalue weighted by atomic mass is 10.2. The molecule has 1 amide bonds. The van der Waals surface area contributed by atoms with Gasteiger partial charge in [0, 0.05) is 56.2 Å². The number of carbonyl (C=O) groups is 1. The predicted octanol–water partition coefficient (Wildman–Crippen LogP) is 1.91. The summed E-state index contributed by atoms with van der Waals surface area (Å²) in [5, 5.41) is 7.00. The minimum atomic E-state index is -0.187. The SMILES string of the molecule is Cc1cnc(CNC(=O)c2cc(-c3cnc(-c4ccnn4C)nc3)cn2C)cn1. The van der Waals surface area contributed by atoms with Gasteiger partial charge in [-0.3, -0.25) is 19.4 Å². The van der Waals surface area contributed by atoms with E-state index in [4.69, 9.17) is 0 Å². The Labute approximate surface area is 167 Å². The number of hydrogen-bond donors (Lipinski definition) is 1. The quantitative estimate of drug-likeness (QED) is 0.560. The molecule has 4 aromatic heterocycles. The fourth-order valence-corrected chi connectivity index (χ4v) is 2.92. The highest BCUT2D eigenvalue weighted by molar-refractivity contribution is 5.94. The molecule has 4 heterocycles. The van der Waals surface area contributed by atoms with E-state index in [9.17, 15) is 4.79 Å². The Morgan fingerprint density at radius 3 is 2.48 bits per heavy atom. The summed E-state index contributed by atoms with van der Waals surface area (Å²) in [4.78, 5) is 29.9. The Kier molecular flexibility index (Phi) is 4.86. The Balaban J connectivity index is 1.49. The number of aryl methyl sites for hydroxylation is 3. The molecule has 146 valence electrons. The molecule has 0 aliphatic heterocycles. The van der Waals surface area contributed by atoms with Gasteiger partial charge in [-0.2, -0.15) is 5.10 Å². The number of carbonyl (C=O) groups excluding carboxylic acids is 1. The molecule has 9 heteroatoms. The Morgan fingerprint density at radius 1 is 1.03 bits per heavy atom. The fourth-order valence-electron chi connectivity index (χ4n) is 2.92. The van der Waals surface area contributed by atoms with Gasteiger partial charge in [0.25, 0.3) is 5.91 Å². The smallest absolute Gasteiger partial charge is 0.268 e. The largest absolute Gasteiger partial charge is 0.346 e. The first kappa shape index (κ1) is 18.5. The van der Waals surface area contributed by atoms with Crippen molar-refractivity contribution in [2.45, 2.75) is 13.5 Å². The molecule has 9 nitrogen and oxygen atoms in total. The highest BCUT2D eigenvalue weighted by Gasteiger charge is 2.14. The van der Waals surface area contributed by atoms with Gasteiger partial charge in [0.05, 0.1) is 24.1 Å². The molecule has 0 bridgehead atoms. The van der Waals surface area contributed by atoms with Crippen LogP contribution in [0.5, 0.6) is 0 Å². The third kappa shape index (κ3) is 3.88. The van der Waals surface area contributed by atoms with Crippen molar-refractivity contribution in [3.05, 3.63) is 66.4 Å². The van der Waals surface area contributed by atoms with E-state index in [-0.39, 0.29) is 5.91 Å². The van der Waals surface area contributed by atoms with Gasteiger partial charge >= 0.3 is 0 Å². The van der Waals surface area contributed by atoms with Gasteiger partial charge in [-0.15, -0.1) is 0 Å². The van der Waals surface area contributed by atoms with Crippen molar-refractivity contribution in [2.24, 2.45) is 14.1 Å². The molecule has 4 aromatic rings. The van der Waals surface area contributed by atoms with E-state index in [1.807, 2.05) is 39.3 Å². The van der Waals surface area contributed by atoms with Crippen LogP contribution in [0.4, 0.5) is 0 Å². The summed E-state index contributed by atoms with van der Waals surface area (Å²) in [7, 11) is 3.67. The summed E-state index contributed by atoms with van der Waals surface area (Å²) in [6.45, 7) is 2.18. The molecule has 0 saturated heterocycles. The first-order chi connectivity index (χ1) is 14.0. The van der Waals surface area contributed by atoms with Crippen LogP contribution in [0.1, 0.15) is 21.9 Å². The van der Waals surface area contributed by atoms with Crippen LogP contribution in [0.2, 0.25) is 0 Å². The molecule has 1 N–H and O–H groups in total. The van der Waals surface area contributed by atoms with Crippen molar-refractivity contribution in [1.29, 1.82) is 0 Å². The third-order valence-corrected chi connectivity index (χ3v) is 4.54. The second kappa shape index (κ2) is 7.63. The van der Waals surface area contributed by atoms with Crippen molar-refractivity contribution < 1.29 is 4.79 Å². The predicted molar refractivity (Wildman–Crippen MR) is 107 cm³/mol. The fraction of sp³-hybridized carbons (Fsp3) is 0.200. The molecule has 0 aliphatic carbocycles. The average Bonchev–Trinajstić information content (AvgIpc) is 3.33. The highest BCUT2D eigenvalue weighted by Crippen LogP contribution is 2.22. The molecule has 0 fully saturated rings. The van der Waals surface area contributed by atoms with Crippen LogP contribution in [0, 0.1) is 6.92 Å².